The van der Waals surface area contributed by atoms with Crippen molar-refractivity contribution in [2.24, 2.45) is 5.73 Å². The van der Waals surface area contributed by atoms with Crippen LogP contribution in [0.2, 0.25) is 0 Å². The maximum Gasteiger partial charge on any atom is 0.248 e. The number of hydrogen-bond donors (Lipinski definition) is 1. The van der Waals surface area contributed by atoms with Crippen molar-refractivity contribution < 1.29 is 4.42 Å². The Balaban J connectivity index is 2.35. The fraction of sp³-hybridized carbons (Fsp3) is 0.333. The minimum absolute atomic E-state index is 0.176. The van der Waals surface area contributed by atoms with E-state index in [1.54, 1.807) is 0 Å². The van der Waals surface area contributed by atoms with Gasteiger partial charge in [0.05, 0.1) is 6.04 Å². The summed E-state index contributed by atoms with van der Waals surface area (Å²) in [5, 5.41) is 7.98. The molecule has 0 saturated carbocycles. The van der Waals surface area contributed by atoms with E-state index in [1.807, 2.05) is 38.1 Å². The third kappa shape index (κ3) is 1.97. The highest BCUT2D eigenvalue weighted by atomic mass is 16.4. The summed E-state index contributed by atoms with van der Waals surface area (Å²) in [6, 6.07) is 7.73. The molecule has 2 N–H and O–H groups in total. The first-order valence-corrected chi connectivity index (χ1v) is 5.37. The number of nitrogens with zero attached hydrogens (tertiary/aromatic N) is 2. The second kappa shape index (κ2) is 4.45. The Bertz CT molecular complexity index is 479. The number of rotatable bonds is 3. The van der Waals surface area contributed by atoms with E-state index in [-0.39, 0.29) is 6.04 Å². The molecule has 0 radical (unpaired) electrons. The number of aromatic nitrogens is 2. The SMILES string of the molecule is CCC(N)c1nnc(-c2ccccc2C)o1. The van der Waals surface area contributed by atoms with Crippen LogP contribution in [0.4, 0.5) is 0 Å². The molecule has 4 heteroatoms. The highest BCUT2D eigenvalue weighted by Crippen LogP contribution is 2.23. The molecule has 16 heavy (non-hydrogen) atoms. The van der Waals surface area contributed by atoms with E-state index in [0.29, 0.717) is 11.8 Å². The lowest BCUT2D eigenvalue weighted by molar-refractivity contribution is 0.452. The monoisotopic (exact) mass is 217 g/mol. The first kappa shape index (κ1) is 10.8. The van der Waals surface area contributed by atoms with Crippen LogP contribution in [0.1, 0.15) is 30.8 Å². The van der Waals surface area contributed by atoms with Gasteiger partial charge in [-0.15, -0.1) is 10.2 Å². The van der Waals surface area contributed by atoms with Crippen molar-refractivity contribution >= 4 is 0 Å². The Hall–Kier alpha value is -1.68. The molecule has 0 bridgehead atoms. The van der Waals surface area contributed by atoms with E-state index >= 15 is 0 Å². The van der Waals surface area contributed by atoms with Crippen molar-refractivity contribution in [3.05, 3.63) is 35.7 Å². The quantitative estimate of drug-likeness (QED) is 0.857. The van der Waals surface area contributed by atoms with Crippen LogP contribution >= 0.6 is 0 Å². The summed E-state index contributed by atoms with van der Waals surface area (Å²) in [5.74, 6) is 1.04. The predicted octanol–water partition coefficient (Wildman–Crippen LogP) is 2.45. The van der Waals surface area contributed by atoms with E-state index in [2.05, 4.69) is 10.2 Å². The van der Waals surface area contributed by atoms with Crippen LogP contribution in [0.5, 0.6) is 0 Å². The predicted molar refractivity (Wildman–Crippen MR) is 61.7 cm³/mol. The molecular formula is C12H15N3O. The topological polar surface area (TPSA) is 64.9 Å². The van der Waals surface area contributed by atoms with Gasteiger partial charge in [0.2, 0.25) is 11.8 Å². The smallest absolute Gasteiger partial charge is 0.248 e. The maximum atomic E-state index is 5.83. The van der Waals surface area contributed by atoms with E-state index in [1.165, 1.54) is 0 Å². The standard InChI is InChI=1S/C12H15N3O/c1-3-10(13)12-15-14-11(16-12)9-7-5-4-6-8(9)2/h4-7,10H,3,13H2,1-2H3. The first-order valence-electron chi connectivity index (χ1n) is 5.37. The Morgan fingerprint density at radius 3 is 2.75 bits per heavy atom. The van der Waals surface area contributed by atoms with Gasteiger partial charge in [0, 0.05) is 5.56 Å². The molecule has 1 unspecified atom stereocenters. The van der Waals surface area contributed by atoms with Crippen molar-refractivity contribution in [3.63, 3.8) is 0 Å². The first-order chi connectivity index (χ1) is 7.72. The average Bonchev–Trinajstić information content (AvgIpc) is 2.78. The van der Waals surface area contributed by atoms with Gasteiger partial charge in [0.25, 0.3) is 0 Å². The zero-order valence-corrected chi connectivity index (χ0v) is 9.47. The lowest BCUT2D eigenvalue weighted by atomic mass is 10.1. The summed E-state index contributed by atoms with van der Waals surface area (Å²) >= 11 is 0. The van der Waals surface area contributed by atoms with Gasteiger partial charge in [-0.05, 0) is 25.0 Å². The number of benzene rings is 1. The van der Waals surface area contributed by atoms with Crippen LogP contribution in [0.15, 0.2) is 28.7 Å². The van der Waals surface area contributed by atoms with Gasteiger partial charge in [-0.25, -0.2) is 0 Å². The van der Waals surface area contributed by atoms with Crippen LogP contribution in [0.3, 0.4) is 0 Å². The lowest BCUT2D eigenvalue weighted by Crippen LogP contribution is -2.08. The van der Waals surface area contributed by atoms with Gasteiger partial charge < -0.3 is 10.2 Å². The molecule has 0 amide bonds. The van der Waals surface area contributed by atoms with Gasteiger partial charge in [-0.3, -0.25) is 0 Å². The molecule has 84 valence electrons. The molecule has 1 atom stereocenters. The minimum atomic E-state index is -0.176. The minimum Gasteiger partial charge on any atom is -0.419 e. The summed E-state index contributed by atoms with van der Waals surface area (Å²) in [6.45, 7) is 4.00. The van der Waals surface area contributed by atoms with Crippen molar-refractivity contribution in [3.8, 4) is 11.5 Å². The van der Waals surface area contributed by atoms with E-state index in [4.69, 9.17) is 10.2 Å². The van der Waals surface area contributed by atoms with Crippen molar-refractivity contribution in [1.29, 1.82) is 0 Å². The number of aryl methyl sites for hydroxylation is 1. The van der Waals surface area contributed by atoms with Crippen LogP contribution in [-0.2, 0) is 0 Å². The molecular weight excluding hydrogens is 202 g/mol. The molecule has 0 spiro atoms. The molecule has 0 aliphatic carbocycles. The third-order valence-electron chi connectivity index (χ3n) is 2.57. The molecule has 0 aliphatic heterocycles. The molecule has 1 aromatic heterocycles. The Morgan fingerprint density at radius 1 is 1.31 bits per heavy atom. The Kier molecular flexibility index (Phi) is 3.01. The van der Waals surface area contributed by atoms with Crippen LogP contribution in [0.25, 0.3) is 11.5 Å². The van der Waals surface area contributed by atoms with E-state index < -0.39 is 0 Å². The normalized spacial score (nSPS) is 12.7. The fourth-order valence-corrected chi connectivity index (χ4v) is 1.48. The molecule has 0 saturated heterocycles. The zero-order valence-electron chi connectivity index (χ0n) is 9.47. The van der Waals surface area contributed by atoms with Gasteiger partial charge in [0.15, 0.2) is 0 Å². The molecule has 0 fully saturated rings. The zero-order chi connectivity index (χ0) is 11.5. The largest absolute Gasteiger partial charge is 0.419 e. The molecule has 2 aromatic rings. The highest BCUT2D eigenvalue weighted by molar-refractivity contribution is 5.57. The maximum absolute atomic E-state index is 5.83. The summed E-state index contributed by atoms with van der Waals surface area (Å²) in [6.07, 6.45) is 0.787. The van der Waals surface area contributed by atoms with E-state index in [0.717, 1.165) is 17.5 Å². The van der Waals surface area contributed by atoms with Crippen LogP contribution < -0.4 is 5.73 Å². The lowest BCUT2D eigenvalue weighted by Gasteiger charge is -2.01. The summed E-state index contributed by atoms with van der Waals surface area (Å²) < 4.78 is 5.56. The highest BCUT2D eigenvalue weighted by Gasteiger charge is 2.14. The van der Waals surface area contributed by atoms with Gasteiger partial charge >= 0.3 is 0 Å². The second-order valence-electron chi connectivity index (χ2n) is 3.78. The molecule has 1 heterocycles. The molecule has 0 aliphatic rings. The fourth-order valence-electron chi connectivity index (χ4n) is 1.48. The average molecular weight is 217 g/mol. The molecule has 4 nitrogen and oxygen atoms in total. The number of hydrogen-bond acceptors (Lipinski definition) is 4. The van der Waals surface area contributed by atoms with Crippen molar-refractivity contribution in [2.45, 2.75) is 26.3 Å². The summed E-state index contributed by atoms with van der Waals surface area (Å²) in [5.41, 5.74) is 7.90. The van der Waals surface area contributed by atoms with Crippen LogP contribution in [-0.4, -0.2) is 10.2 Å². The van der Waals surface area contributed by atoms with Gasteiger partial charge in [0.1, 0.15) is 0 Å². The molecule has 2 rings (SSSR count). The second-order valence-corrected chi connectivity index (χ2v) is 3.78. The summed E-state index contributed by atoms with van der Waals surface area (Å²) in [7, 11) is 0. The Labute approximate surface area is 94.5 Å². The third-order valence-corrected chi connectivity index (χ3v) is 2.57. The van der Waals surface area contributed by atoms with Crippen molar-refractivity contribution in [1.82, 2.24) is 10.2 Å². The van der Waals surface area contributed by atoms with Gasteiger partial charge in [-0.1, -0.05) is 25.1 Å². The van der Waals surface area contributed by atoms with E-state index in [9.17, 15) is 0 Å². The Morgan fingerprint density at radius 2 is 2.06 bits per heavy atom. The summed E-state index contributed by atoms with van der Waals surface area (Å²) in [4.78, 5) is 0. The molecule has 1 aromatic carbocycles. The number of nitrogens with two attached hydrogens (primary N) is 1. The van der Waals surface area contributed by atoms with Crippen LogP contribution in [0, 0.1) is 6.92 Å². The van der Waals surface area contributed by atoms with Gasteiger partial charge in [-0.2, -0.15) is 0 Å². The van der Waals surface area contributed by atoms with Crippen molar-refractivity contribution in [2.75, 3.05) is 0 Å².